The Balaban J connectivity index is 2.10. The van der Waals surface area contributed by atoms with Gasteiger partial charge in [-0.15, -0.1) is 11.3 Å². The molecule has 1 saturated heterocycles. The van der Waals surface area contributed by atoms with Gasteiger partial charge in [0, 0.05) is 23.5 Å². The molecule has 1 aliphatic heterocycles. The minimum absolute atomic E-state index is 0.0844. The number of nitrogens with zero attached hydrogens (tertiary/aromatic N) is 1. The lowest BCUT2D eigenvalue weighted by atomic mass is 9.82. The highest BCUT2D eigenvalue weighted by molar-refractivity contribution is 7.09. The van der Waals surface area contributed by atoms with Crippen molar-refractivity contribution in [2.45, 2.75) is 51.0 Å². The lowest BCUT2D eigenvalue weighted by Crippen LogP contribution is -2.58. The van der Waals surface area contributed by atoms with Crippen LogP contribution in [-0.2, 0) is 11.3 Å². The van der Waals surface area contributed by atoms with E-state index in [-0.39, 0.29) is 5.54 Å². The predicted octanol–water partition coefficient (Wildman–Crippen LogP) is 2.46. The van der Waals surface area contributed by atoms with Crippen LogP contribution in [0, 0.1) is 0 Å². The second-order valence-electron chi connectivity index (χ2n) is 5.53. The molecule has 2 unspecified atom stereocenters. The number of ether oxygens (including phenoxy) is 1. The molecule has 1 aromatic heterocycles. The second-order valence-corrected chi connectivity index (χ2v) is 6.56. The number of nitrogens with two attached hydrogens (primary N) is 1. The van der Waals surface area contributed by atoms with Gasteiger partial charge in [-0.25, -0.2) is 0 Å². The van der Waals surface area contributed by atoms with Crippen molar-refractivity contribution in [2.75, 3.05) is 13.6 Å². The molecule has 0 radical (unpaired) electrons. The third-order valence-electron chi connectivity index (χ3n) is 3.96. The van der Waals surface area contributed by atoms with E-state index in [1.54, 1.807) is 0 Å². The number of hydrogen-bond acceptors (Lipinski definition) is 4. The molecule has 0 bridgehead atoms. The van der Waals surface area contributed by atoms with Gasteiger partial charge in [-0.3, -0.25) is 4.90 Å². The van der Waals surface area contributed by atoms with E-state index in [1.807, 2.05) is 11.3 Å². The Morgan fingerprint density at radius 3 is 2.61 bits per heavy atom. The monoisotopic (exact) mass is 268 g/mol. The Kier molecular flexibility index (Phi) is 4.43. The molecule has 2 rings (SSSR count). The first kappa shape index (κ1) is 14.0. The number of rotatable bonds is 4. The van der Waals surface area contributed by atoms with Crippen molar-refractivity contribution >= 4 is 11.3 Å². The minimum Gasteiger partial charge on any atom is -0.375 e. The van der Waals surface area contributed by atoms with Gasteiger partial charge in [0.2, 0.25) is 0 Å². The van der Waals surface area contributed by atoms with Crippen LogP contribution < -0.4 is 5.73 Å². The normalized spacial score (nSPS) is 32.9. The van der Waals surface area contributed by atoms with Crippen molar-refractivity contribution < 1.29 is 4.74 Å². The van der Waals surface area contributed by atoms with Crippen LogP contribution in [0.5, 0.6) is 0 Å². The van der Waals surface area contributed by atoms with E-state index < -0.39 is 0 Å². The molecule has 2 atom stereocenters. The van der Waals surface area contributed by atoms with Crippen molar-refractivity contribution in [2.24, 2.45) is 5.73 Å². The first-order chi connectivity index (χ1) is 8.55. The van der Waals surface area contributed by atoms with Crippen LogP contribution in [0.25, 0.3) is 0 Å². The minimum atomic E-state index is 0.0844. The lowest BCUT2D eigenvalue weighted by Gasteiger charge is -2.48. The number of thiophene rings is 1. The highest BCUT2D eigenvalue weighted by Gasteiger charge is 2.40. The molecule has 102 valence electrons. The van der Waals surface area contributed by atoms with Crippen molar-refractivity contribution in [3.05, 3.63) is 22.4 Å². The number of likely N-dealkylation sites (N-methyl/N-ethyl adjacent to an activating group) is 1. The molecule has 0 saturated carbocycles. The van der Waals surface area contributed by atoms with Crippen molar-refractivity contribution in [3.8, 4) is 0 Å². The average molecular weight is 268 g/mol. The summed E-state index contributed by atoms with van der Waals surface area (Å²) >= 11 is 1.81. The van der Waals surface area contributed by atoms with E-state index >= 15 is 0 Å². The average Bonchev–Trinajstić information content (AvgIpc) is 2.80. The van der Waals surface area contributed by atoms with E-state index in [2.05, 4.69) is 43.3 Å². The first-order valence-corrected chi connectivity index (χ1v) is 7.53. The Morgan fingerprint density at radius 2 is 2.11 bits per heavy atom. The van der Waals surface area contributed by atoms with Gasteiger partial charge in [-0.2, -0.15) is 0 Å². The smallest absolute Gasteiger partial charge is 0.0568 e. The fourth-order valence-corrected chi connectivity index (χ4v) is 3.84. The van der Waals surface area contributed by atoms with Crippen LogP contribution in [0.3, 0.4) is 0 Å². The summed E-state index contributed by atoms with van der Waals surface area (Å²) in [5.41, 5.74) is 6.18. The van der Waals surface area contributed by atoms with Crippen LogP contribution >= 0.6 is 11.3 Å². The third kappa shape index (κ3) is 2.94. The van der Waals surface area contributed by atoms with Crippen molar-refractivity contribution in [1.82, 2.24) is 4.90 Å². The molecule has 0 aliphatic carbocycles. The molecule has 0 spiro atoms. The van der Waals surface area contributed by atoms with Gasteiger partial charge in [0.15, 0.2) is 0 Å². The van der Waals surface area contributed by atoms with Gasteiger partial charge in [0.25, 0.3) is 0 Å². The fourth-order valence-electron chi connectivity index (χ4n) is 3.08. The van der Waals surface area contributed by atoms with Crippen LogP contribution in [0.15, 0.2) is 17.5 Å². The summed E-state index contributed by atoms with van der Waals surface area (Å²) in [5.74, 6) is 0. The molecule has 1 aliphatic rings. The molecule has 1 fully saturated rings. The van der Waals surface area contributed by atoms with E-state index in [0.29, 0.717) is 18.8 Å². The summed E-state index contributed by atoms with van der Waals surface area (Å²) in [6.45, 7) is 5.99. The molecule has 1 aromatic rings. The molecule has 0 aromatic carbocycles. The highest BCUT2D eigenvalue weighted by Crippen LogP contribution is 2.33. The zero-order valence-corrected chi connectivity index (χ0v) is 12.4. The molecular weight excluding hydrogens is 244 g/mol. The molecule has 2 N–H and O–H groups in total. The first-order valence-electron chi connectivity index (χ1n) is 6.65. The molecule has 2 heterocycles. The Labute approximate surface area is 114 Å². The predicted molar refractivity (Wildman–Crippen MR) is 76.8 cm³/mol. The SMILES string of the molecule is CC1CC(CN)(N(C)Cc2cccs2)CC(C)O1. The maximum atomic E-state index is 6.10. The van der Waals surface area contributed by atoms with E-state index in [0.717, 1.165) is 19.4 Å². The summed E-state index contributed by atoms with van der Waals surface area (Å²) in [6.07, 6.45) is 2.64. The summed E-state index contributed by atoms with van der Waals surface area (Å²) in [6, 6.07) is 4.30. The van der Waals surface area contributed by atoms with E-state index in [9.17, 15) is 0 Å². The van der Waals surface area contributed by atoms with Gasteiger partial charge in [0.05, 0.1) is 12.2 Å². The Hall–Kier alpha value is -0.420. The fraction of sp³-hybridized carbons (Fsp3) is 0.714. The summed E-state index contributed by atoms with van der Waals surface area (Å²) in [4.78, 5) is 3.83. The Bertz CT molecular complexity index is 356. The highest BCUT2D eigenvalue weighted by atomic mass is 32.1. The molecule has 4 heteroatoms. The van der Waals surface area contributed by atoms with Crippen LogP contribution in [0.4, 0.5) is 0 Å². The standard InChI is InChI=1S/C14H24N2OS/c1-11-7-14(10-15,8-12(2)17-11)16(3)9-13-5-4-6-18-13/h4-6,11-12H,7-10,15H2,1-3H3. The summed E-state index contributed by atoms with van der Waals surface area (Å²) < 4.78 is 5.85. The summed E-state index contributed by atoms with van der Waals surface area (Å²) in [7, 11) is 2.19. The zero-order chi connectivity index (χ0) is 13.2. The number of hydrogen-bond donors (Lipinski definition) is 1. The maximum absolute atomic E-state index is 6.10. The largest absolute Gasteiger partial charge is 0.375 e. The topological polar surface area (TPSA) is 38.5 Å². The van der Waals surface area contributed by atoms with Gasteiger partial charge < -0.3 is 10.5 Å². The van der Waals surface area contributed by atoms with Gasteiger partial charge >= 0.3 is 0 Å². The van der Waals surface area contributed by atoms with Gasteiger partial charge in [-0.1, -0.05) is 6.07 Å². The second kappa shape index (κ2) is 5.70. The Morgan fingerprint density at radius 1 is 1.44 bits per heavy atom. The van der Waals surface area contributed by atoms with Crippen molar-refractivity contribution in [3.63, 3.8) is 0 Å². The maximum Gasteiger partial charge on any atom is 0.0568 e. The zero-order valence-electron chi connectivity index (χ0n) is 11.6. The summed E-state index contributed by atoms with van der Waals surface area (Å²) in [5, 5.41) is 2.13. The third-order valence-corrected chi connectivity index (χ3v) is 4.82. The van der Waals surface area contributed by atoms with Crippen molar-refractivity contribution in [1.29, 1.82) is 0 Å². The van der Waals surface area contributed by atoms with E-state index in [1.165, 1.54) is 4.88 Å². The molecule has 3 nitrogen and oxygen atoms in total. The van der Waals surface area contributed by atoms with Gasteiger partial charge in [0.1, 0.15) is 0 Å². The van der Waals surface area contributed by atoms with Gasteiger partial charge in [-0.05, 0) is 45.2 Å². The van der Waals surface area contributed by atoms with E-state index in [4.69, 9.17) is 10.5 Å². The molecular formula is C14H24N2OS. The molecule has 18 heavy (non-hydrogen) atoms. The lowest BCUT2D eigenvalue weighted by molar-refractivity contribution is -0.0992. The van der Waals surface area contributed by atoms with Crippen LogP contribution in [0.1, 0.15) is 31.6 Å². The van der Waals surface area contributed by atoms with Crippen LogP contribution in [0.2, 0.25) is 0 Å². The molecule has 0 amide bonds. The quantitative estimate of drug-likeness (QED) is 0.911. The van der Waals surface area contributed by atoms with Crippen LogP contribution in [-0.4, -0.2) is 36.2 Å².